The molecule has 0 bridgehead atoms. The van der Waals surface area contributed by atoms with Crippen molar-refractivity contribution in [2.24, 2.45) is 0 Å². The Morgan fingerprint density at radius 2 is 2.00 bits per heavy atom. The molecule has 0 spiro atoms. The van der Waals surface area contributed by atoms with Gasteiger partial charge in [0.15, 0.2) is 0 Å². The van der Waals surface area contributed by atoms with Crippen molar-refractivity contribution in [3.8, 4) is 0 Å². The predicted octanol–water partition coefficient (Wildman–Crippen LogP) is 1.52. The molecule has 1 heterocycles. The molecule has 0 fully saturated rings. The van der Waals surface area contributed by atoms with Gasteiger partial charge in [-0.1, -0.05) is 30.3 Å². The van der Waals surface area contributed by atoms with Crippen molar-refractivity contribution >= 4 is 5.91 Å². The van der Waals surface area contributed by atoms with Gasteiger partial charge in [-0.05, 0) is 31.4 Å². The lowest BCUT2D eigenvalue weighted by molar-refractivity contribution is 0.0932. The number of amides is 1. The zero-order valence-electron chi connectivity index (χ0n) is 11.3. The van der Waals surface area contributed by atoms with Crippen LogP contribution >= 0.6 is 0 Å². The number of nitrogens with zero attached hydrogens (tertiary/aromatic N) is 1. The molecule has 0 unspecified atom stereocenters. The molecule has 0 saturated carbocycles. The molecule has 104 valence electrons. The Balaban J connectivity index is 1.85. The van der Waals surface area contributed by atoms with E-state index in [2.05, 4.69) is 27.6 Å². The molecule has 2 N–H and O–H groups in total. The first-order chi connectivity index (χ1) is 9.65. The van der Waals surface area contributed by atoms with Gasteiger partial charge in [0.1, 0.15) is 5.69 Å². The Morgan fingerprint density at radius 1 is 1.25 bits per heavy atom. The summed E-state index contributed by atoms with van der Waals surface area (Å²) in [5.41, 5.74) is 1.14. The Morgan fingerprint density at radius 3 is 2.65 bits per heavy atom. The van der Waals surface area contributed by atoms with E-state index >= 15 is 0 Å². The minimum absolute atomic E-state index is 0.0384. The highest BCUT2D eigenvalue weighted by molar-refractivity contribution is 5.92. The van der Waals surface area contributed by atoms with Gasteiger partial charge in [0.2, 0.25) is 0 Å². The molecule has 1 aromatic carbocycles. The van der Waals surface area contributed by atoms with Gasteiger partial charge in [0.05, 0.1) is 0 Å². The number of hydrogen-bond donors (Lipinski definition) is 2. The van der Waals surface area contributed by atoms with Crippen molar-refractivity contribution < 1.29 is 4.79 Å². The third-order valence-corrected chi connectivity index (χ3v) is 3.00. The summed E-state index contributed by atoms with van der Waals surface area (Å²) in [5, 5.41) is 8.81. The van der Waals surface area contributed by atoms with Crippen LogP contribution in [0.4, 0.5) is 0 Å². The monoisotopic (exact) mass is 271 g/mol. The highest BCUT2D eigenvalue weighted by atomic mass is 16.2. The van der Waals surface area contributed by atoms with Crippen molar-refractivity contribution in [2.45, 2.75) is 25.8 Å². The molecular formula is C15H17N3O2. The molecule has 0 saturated heterocycles. The summed E-state index contributed by atoms with van der Waals surface area (Å²) in [7, 11) is 0. The summed E-state index contributed by atoms with van der Waals surface area (Å²) in [6.45, 7) is 1.95. The number of aryl methyl sites for hydroxylation is 1. The molecule has 2 rings (SSSR count). The van der Waals surface area contributed by atoms with Crippen LogP contribution in [0.2, 0.25) is 0 Å². The lowest BCUT2D eigenvalue weighted by atomic mass is 10.1. The van der Waals surface area contributed by atoms with Crippen molar-refractivity contribution in [3.05, 3.63) is 64.1 Å². The standard InChI is InChI=1S/C15H17N3O2/c1-11(7-8-12-5-3-2-4-6-12)16-15(20)13-9-10-14(19)18-17-13/h2-6,9-11H,7-8H2,1H3,(H,16,20)(H,18,19)/t11-/m1/s1. The molecule has 2 aromatic rings. The largest absolute Gasteiger partial charge is 0.348 e. The van der Waals surface area contributed by atoms with E-state index in [0.717, 1.165) is 12.8 Å². The Kier molecular flexibility index (Phi) is 4.65. The third-order valence-electron chi connectivity index (χ3n) is 3.00. The third kappa shape index (κ3) is 4.05. The van der Waals surface area contributed by atoms with Gasteiger partial charge < -0.3 is 5.32 Å². The van der Waals surface area contributed by atoms with Crippen LogP contribution in [0.15, 0.2) is 47.3 Å². The minimum atomic E-state index is -0.321. The fourth-order valence-electron chi connectivity index (χ4n) is 1.87. The second-order valence-corrected chi connectivity index (χ2v) is 4.71. The normalized spacial score (nSPS) is 11.8. The van der Waals surface area contributed by atoms with Gasteiger partial charge >= 0.3 is 0 Å². The molecular weight excluding hydrogens is 254 g/mol. The molecule has 1 amide bonds. The first-order valence-electron chi connectivity index (χ1n) is 6.55. The molecule has 0 aliphatic rings. The van der Waals surface area contributed by atoms with Gasteiger partial charge in [-0.3, -0.25) is 9.59 Å². The van der Waals surface area contributed by atoms with E-state index in [-0.39, 0.29) is 23.2 Å². The zero-order valence-corrected chi connectivity index (χ0v) is 11.3. The first-order valence-corrected chi connectivity index (χ1v) is 6.55. The lowest BCUT2D eigenvalue weighted by Crippen LogP contribution is -2.34. The molecule has 20 heavy (non-hydrogen) atoms. The van der Waals surface area contributed by atoms with Crippen LogP contribution in [-0.4, -0.2) is 22.1 Å². The number of carbonyl (C=O) groups excluding carboxylic acids is 1. The van der Waals surface area contributed by atoms with Crippen molar-refractivity contribution in [1.82, 2.24) is 15.5 Å². The predicted molar refractivity (Wildman–Crippen MR) is 76.5 cm³/mol. The second-order valence-electron chi connectivity index (χ2n) is 4.71. The quantitative estimate of drug-likeness (QED) is 0.865. The Bertz CT molecular complexity index is 602. The van der Waals surface area contributed by atoms with Crippen LogP contribution in [-0.2, 0) is 6.42 Å². The number of H-pyrrole nitrogens is 1. The fourth-order valence-corrected chi connectivity index (χ4v) is 1.87. The smallest absolute Gasteiger partial charge is 0.271 e. The number of hydrogen-bond acceptors (Lipinski definition) is 3. The molecule has 5 nitrogen and oxygen atoms in total. The number of nitrogens with one attached hydrogen (secondary N) is 2. The number of rotatable bonds is 5. The van der Waals surface area contributed by atoms with Crippen molar-refractivity contribution in [1.29, 1.82) is 0 Å². The Labute approximate surface area is 117 Å². The van der Waals surface area contributed by atoms with E-state index in [4.69, 9.17) is 0 Å². The first kappa shape index (κ1) is 14.0. The maximum atomic E-state index is 11.9. The van der Waals surface area contributed by atoms with Crippen LogP contribution in [0.1, 0.15) is 29.4 Å². The van der Waals surface area contributed by atoms with Crippen LogP contribution in [0, 0.1) is 0 Å². The highest BCUT2D eigenvalue weighted by Gasteiger charge is 2.11. The SMILES string of the molecule is C[C@H](CCc1ccccc1)NC(=O)c1ccc(=O)[nH]n1. The summed E-state index contributed by atoms with van der Waals surface area (Å²) in [4.78, 5) is 22.8. The number of aromatic nitrogens is 2. The van der Waals surface area contributed by atoms with Gasteiger partial charge in [-0.2, -0.15) is 5.10 Å². The lowest BCUT2D eigenvalue weighted by Gasteiger charge is -2.13. The molecule has 0 aliphatic heterocycles. The number of aromatic amines is 1. The summed E-state index contributed by atoms with van der Waals surface area (Å²) >= 11 is 0. The number of benzene rings is 1. The maximum absolute atomic E-state index is 11.9. The van der Waals surface area contributed by atoms with Gasteiger partial charge in [-0.25, -0.2) is 5.10 Å². The second kappa shape index (κ2) is 6.65. The molecule has 1 atom stereocenters. The fraction of sp³-hybridized carbons (Fsp3) is 0.267. The van der Waals surface area contributed by atoms with E-state index < -0.39 is 0 Å². The highest BCUT2D eigenvalue weighted by Crippen LogP contribution is 2.05. The van der Waals surface area contributed by atoms with E-state index in [1.807, 2.05) is 25.1 Å². The van der Waals surface area contributed by atoms with Gasteiger partial charge in [0.25, 0.3) is 11.5 Å². The summed E-state index contributed by atoms with van der Waals surface area (Å²) in [5.74, 6) is -0.276. The van der Waals surface area contributed by atoms with E-state index in [0.29, 0.717) is 0 Å². The van der Waals surface area contributed by atoms with E-state index in [1.165, 1.54) is 17.7 Å². The van der Waals surface area contributed by atoms with Crippen LogP contribution in [0.25, 0.3) is 0 Å². The van der Waals surface area contributed by atoms with Gasteiger partial charge in [0, 0.05) is 12.1 Å². The summed E-state index contributed by atoms with van der Waals surface area (Å²) in [6, 6.07) is 12.9. The van der Waals surface area contributed by atoms with E-state index in [1.54, 1.807) is 0 Å². The average Bonchev–Trinajstić information content (AvgIpc) is 2.47. The maximum Gasteiger partial charge on any atom is 0.271 e. The van der Waals surface area contributed by atoms with Crippen molar-refractivity contribution in [3.63, 3.8) is 0 Å². The molecule has 5 heteroatoms. The van der Waals surface area contributed by atoms with Gasteiger partial charge in [-0.15, -0.1) is 0 Å². The minimum Gasteiger partial charge on any atom is -0.348 e. The average molecular weight is 271 g/mol. The van der Waals surface area contributed by atoms with Crippen molar-refractivity contribution in [2.75, 3.05) is 0 Å². The Hall–Kier alpha value is -2.43. The van der Waals surface area contributed by atoms with E-state index in [9.17, 15) is 9.59 Å². The number of carbonyl (C=O) groups is 1. The molecule has 0 radical (unpaired) electrons. The van der Waals surface area contributed by atoms with Crippen LogP contribution < -0.4 is 10.9 Å². The van der Waals surface area contributed by atoms with Crippen LogP contribution in [0.5, 0.6) is 0 Å². The summed E-state index contributed by atoms with van der Waals surface area (Å²) in [6.07, 6.45) is 1.75. The molecule has 0 aliphatic carbocycles. The molecule has 1 aromatic heterocycles. The summed E-state index contributed by atoms with van der Waals surface area (Å²) < 4.78 is 0. The van der Waals surface area contributed by atoms with Crippen LogP contribution in [0.3, 0.4) is 0 Å². The zero-order chi connectivity index (χ0) is 14.4. The topological polar surface area (TPSA) is 74.8 Å².